The van der Waals surface area contributed by atoms with Gasteiger partial charge in [0, 0.05) is 18.3 Å². The van der Waals surface area contributed by atoms with Crippen molar-refractivity contribution in [1.29, 1.82) is 5.26 Å². The number of alkyl halides is 3. The highest BCUT2D eigenvalue weighted by atomic mass is 19.4. The molecule has 0 saturated heterocycles. The van der Waals surface area contributed by atoms with Crippen molar-refractivity contribution in [3.8, 4) is 6.07 Å². The van der Waals surface area contributed by atoms with Crippen LogP contribution < -0.4 is 4.90 Å². The summed E-state index contributed by atoms with van der Waals surface area (Å²) in [5.41, 5.74) is -0.823. The van der Waals surface area contributed by atoms with Crippen LogP contribution in [0.1, 0.15) is 37.3 Å². The summed E-state index contributed by atoms with van der Waals surface area (Å²) in [4.78, 5) is 1.87. The molecule has 0 amide bonds. The zero-order valence-electron chi connectivity index (χ0n) is 11.7. The minimum atomic E-state index is -4.55. The van der Waals surface area contributed by atoms with Gasteiger partial charge in [-0.3, -0.25) is 0 Å². The molecule has 0 aliphatic heterocycles. The van der Waals surface area contributed by atoms with E-state index in [2.05, 4.69) is 0 Å². The molecule has 1 aromatic carbocycles. The highest BCUT2D eigenvalue weighted by Gasteiger charge is 2.35. The van der Waals surface area contributed by atoms with E-state index in [1.54, 1.807) is 12.1 Å². The Morgan fingerprint density at radius 2 is 2.10 bits per heavy atom. The molecular formula is C15H17F3N2O. The Balaban J connectivity index is 2.37. The summed E-state index contributed by atoms with van der Waals surface area (Å²) in [5.74, 6) is 0. The lowest BCUT2D eigenvalue weighted by atomic mass is 10.1. The molecule has 1 N–H and O–H groups in total. The summed E-state index contributed by atoms with van der Waals surface area (Å²) in [7, 11) is 0. The first-order valence-electron chi connectivity index (χ1n) is 6.92. The average molecular weight is 298 g/mol. The summed E-state index contributed by atoms with van der Waals surface area (Å²) in [6, 6.07) is 5.42. The van der Waals surface area contributed by atoms with E-state index in [0.29, 0.717) is 25.1 Å². The zero-order chi connectivity index (χ0) is 15.6. The van der Waals surface area contributed by atoms with Gasteiger partial charge < -0.3 is 10.0 Å². The Morgan fingerprint density at radius 1 is 1.38 bits per heavy atom. The lowest BCUT2D eigenvalue weighted by Gasteiger charge is -2.30. The topological polar surface area (TPSA) is 47.3 Å². The van der Waals surface area contributed by atoms with E-state index >= 15 is 0 Å². The van der Waals surface area contributed by atoms with Crippen molar-refractivity contribution in [1.82, 2.24) is 0 Å². The quantitative estimate of drug-likeness (QED) is 0.931. The third-order valence-corrected chi connectivity index (χ3v) is 3.92. The number of anilines is 1. The van der Waals surface area contributed by atoms with Gasteiger partial charge in [0.2, 0.25) is 0 Å². The number of hydrogen-bond acceptors (Lipinski definition) is 3. The molecule has 1 aliphatic rings. The van der Waals surface area contributed by atoms with Crippen LogP contribution in [0.25, 0.3) is 0 Å². The van der Waals surface area contributed by atoms with Gasteiger partial charge in [0.05, 0.1) is 23.3 Å². The minimum Gasteiger partial charge on any atom is -0.393 e. The lowest BCUT2D eigenvalue weighted by Crippen LogP contribution is -2.34. The third kappa shape index (κ3) is 3.30. The van der Waals surface area contributed by atoms with Crippen LogP contribution in [0, 0.1) is 11.3 Å². The Bertz CT molecular complexity index is 551. The number of rotatable bonds is 3. The maximum absolute atomic E-state index is 13.0. The molecule has 1 fully saturated rings. The van der Waals surface area contributed by atoms with Gasteiger partial charge in [-0.05, 0) is 44.4 Å². The minimum absolute atomic E-state index is 0.0408. The van der Waals surface area contributed by atoms with E-state index in [1.165, 1.54) is 6.07 Å². The van der Waals surface area contributed by atoms with Crippen LogP contribution in [0.4, 0.5) is 18.9 Å². The number of benzene rings is 1. The van der Waals surface area contributed by atoms with Gasteiger partial charge in [-0.15, -0.1) is 0 Å². The summed E-state index contributed by atoms with van der Waals surface area (Å²) in [6.45, 7) is 2.43. The van der Waals surface area contributed by atoms with Crippen LogP contribution in [-0.2, 0) is 6.18 Å². The van der Waals surface area contributed by atoms with E-state index in [1.807, 2.05) is 11.8 Å². The van der Waals surface area contributed by atoms with Crippen molar-refractivity contribution in [2.24, 2.45) is 0 Å². The van der Waals surface area contributed by atoms with Crippen LogP contribution in [0.2, 0.25) is 0 Å². The molecule has 1 saturated carbocycles. The van der Waals surface area contributed by atoms with E-state index in [4.69, 9.17) is 5.26 Å². The molecular weight excluding hydrogens is 281 g/mol. The van der Waals surface area contributed by atoms with Gasteiger partial charge in [-0.1, -0.05) is 0 Å². The fourth-order valence-electron chi connectivity index (χ4n) is 2.91. The zero-order valence-corrected chi connectivity index (χ0v) is 11.7. The van der Waals surface area contributed by atoms with Gasteiger partial charge in [-0.25, -0.2) is 0 Å². The van der Waals surface area contributed by atoms with Crippen molar-refractivity contribution in [2.45, 2.75) is 44.5 Å². The molecule has 0 radical (unpaired) electrons. The normalized spacial score (nSPS) is 22.1. The molecule has 1 aromatic rings. The van der Waals surface area contributed by atoms with Crippen LogP contribution >= 0.6 is 0 Å². The van der Waals surface area contributed by atoms with E-state index in [9.17, 15) is 18.3 Å². The number of aliphatic hydroxyl groups excluding tert-OH is 1. The number of nitrogens with zero attached hydrogens (tertiary/aromatic N) is 2. The maximum Gasteiger partial charge on any atom is 0.417 e. The van der Waals surface area contributed by atoms with E-state index in [-0.39, 0.29) is 17.7 Å². The fourth-order valence-corrected chi connectivity index (χ4v) is 2.91. The predicted molar refractivity (Wildman–Crippen MR) is 72.8 cm³/mol. The Hall–Kier alpha value is -1.74. The first-order valence-corrected chi connectivity index (χ1v) is 6.92. The fraction of sp³-hybridized carbons (Fsp3) is 0.533. The Morgan fingerprint density at radius 3 is 2.57 bits per heavy atom. The van der Waals surface area contributed by atoms with Gasteiger partial charge in [0.15, 0.2) is 0 Å². The van der Waals surface area contributed by atoms with E-state index < -0.39 is 11.7 Å². The highest BCUT2D eigenvalue weighted by molar-refractivity contribution is 5.55. The van der Waals surface area contributed by atoms with Gasteiger partial charge >= 0.3 is 6.18 Å². The summed E-state index contributed by atoms with van der Waals surface area (Å²) < 4.78 is 39.0. The van der Waals surface area contributed by atoms with Gasteiger partial charge in [-0.2, -0.15) is 18.4 Å². The molecule has 2 unspecified atom stereocenters. The molecule has 2 rings (SSSR count). The average Bonchev–Trinajstić information content (AvgIpc) is 2.85. The standard InChI is InChI=1S/C15H17F3N2O/c1-2-20(11-5-6-13(21)7-11)12-4-3-10(9-19)14(8-12)15(16,17)18/h3-4,8,11,13,21H,2,5-7H2,1H3. The van der Waals surface area contributed by atoms with Crippen molar-refractivity contribution in [3.63, 3.8) is 0 Å². The number of aliphatic hydroxyl groups is 1. The molecule has 0 spiro atoms. The first-order chi connectivity index (χ1) is 9.86. The number of nitriles is 1. The Kier molecular flexibility index (Phi) is 4.43. The highest BCUT2D eigenvalue weighted by Crippen LogP contribution is 2.36. The lowest BCUT2D eigenvalue weighted by molar-refractivity contribution is -0.137. The largest absolute Gasteiger partial charge is 0.417 e. The monoisotopic (exact) mass is 298 g/mol. The smallest absolute Gasteiger partial charge is 0.393 e. The molecule has 3 nitrogen and oxygen atoms in total. The van der Waals surface area contributed by atoms with Gasteiger partial charge in [0.1, 0.15) is 0 Å². The molecule has 0 aromatic heterocycles. The van der Waals surface area contributed by atoms with Gasteiger partial charge in [0.25, 0.3) is 0 Å². The first kappa shape index (κ1) is 15.6. The van der Waals surface area contributed by atoms with Crippen molar-refractivity contribution in [2.75, 3.05) is 11.4 Å². The van der Waals surface area contributed by atoms with Crippen LogP contribution in [-0.4, -0.2) is 23.8 Å². The van der Waals surface area contributed by atoms with Crippen molar-refractivity contribution >= 4 is 5.69 Å². The Labute approximate surface area is 121 Å². The molecule has 114 valence electrons. The number of hydrogen-bond donors (Lipinski definition) is 1. The summed E-state index contributed by atoms with van der Waals surface area (Å²) >= 11 is 0. The van der Waals surface area contributed by atoms with Crippen LogP contribution in [0.3, 0.4) is 0 Å². The molecule has 1 aliphatic carbocycles. The second-order valence-corrected chi connectivity index (χ2v) is 5.25. The van der Waals surface area contributed by atoms with E-state index in [0.717, 1.165) is 12.5 Å². The van der Waals surface area contributed by atoms with Crippen molar-refractivity contribution < 1.29 is 18.3 Å². The number of halogens is 3. The summed E-state index contributed by atoms with van der Waals surface area (Å²) in [6.07, 6.45) is -2.94. The molecule has 0 bridgehead atoms. The summed E-state index contributed by atoms with van der Waals surface area (Å²) in [5, 5.41) is 18.4. The van der Waals surface area contributed by atoms with Crippen molar-refractivity contribution in [3.05, 3.63) is 29.3 Å². The van der Waals surface area contributed by atoms with Crippen LogP contribution in [0.15, 0.2) is 18.2 Å². The molecule has 21 heavy (non-hydrogen) atoms. The maximum atomic E-state index is 13.0. The second-order valence-electron chi connectivity index (χ2n) is 5.25. The second kappa shape index (κ2) is 5.94. The SMILES string of the molecule is CCN(c1ccc(C#N)c(C(F)(F)F)c1)C1CCC(O)C1. The molecule has 2 atom stereocenters. The predicted octanol–water partition coefficient (Wildman–Crippen LogP) is 3.32. The molecule has 6 heteroatoms. The molecule has 0 heterocycles. The van der Waals surface area contributed by atoms with Crippen LogP contribution in [0.5, 0.6) is 0 Å². The third-order valence-electron chi connectivity index (χ3n) is 3.92.